The molecule has 0 aromatic heterocycles. The molecule has 5 heteroatoms. The molecule has 106 valence electrons. The number of carbonyl (C=O) groups excluding carboxylic acids is 1. The van der Waals surface area contributed by atoms with Crippen LogP contribution in [0.3, 0.4) is 0 Å². The van der Waals surface area contributed by atoms with Gasteiger partial charge in [0.25, 0.3) is 0 Å². The molecule has 0 atom stereocenters. The van der Waals surface area contributed by atoms with Gasteiger partial charge in [-0.25, -0.2) is 4.79 Å². The van der Waals surface area contributed by atoms with Crippen LogP contribution in [0.1, 0.15) is 25.7 Å². The van der Waals surface area contributed by atoms with Crippen molar-refractivity contribution in [3.63, 3.8) is 0 Å². The molecule has 0 bridgehead atoms. The summed E-state index contributed by atoms with van der Waals surface area (Å²) in [6.45, 7) is 0.246. The van der Waals surface area contributed by atoms with Crippen molar-refractivity contribution in [2.24, 2.45) is 11.8 Å². The molecule has 2 N–H and O–H groups in total. The molecule has 1 aromatic carbocycles. The number of hydrogen-bond donors (Lipinski definition) is 2. The highest BCUT2D eigenvalue weighted by Crippen LogP contribution is 2.44. The van der Waals surface area contributed by atoms with Crippen molar-refractivity contribution >= 4 is 11.7 Å². The van der Waals surface area contributed by atoms with Crippen molar-refractivity contribution < 1.29 is 14.3 Å². The van der Waals surface area contributed by atoms with Crippen LogP contribution in [0.25, 0.3) is 0 Å². The third-order valence-electron chi connectivity index (χ3n) is 4.19. The molecule has 2 aliphatic carbocycles. The lowest BCUT2D eigenvalue weighted by molar-refractivity contribution is 0.174. The van der Waals surface area contributed by atoms with Crippen LogP contribution in [0.15, 0.2) is 18.2 Å². The fourth-order valence-electron chi connectivity index (χ4n) is 2.82. The van der Waals surface area contributed by atoms with Crippen molar-refractivity contribution in [3.05, 3.63) is 18.2 Å². The Morgan fingerprint density at radius 3 is 2.50 bits per heavy atom. The normalized spacial score (nSPS) is 20.1. The number of amides is 2. The Hall–Kier alpha value is -1.91. The molecule has 2 saturated carbocycles. The Labute approximate surface area is 117 Å². The molecule has 1 heterocycles. The highest BCUT2D eigenvalue weighted by Gasteiger charge is 2.42. The van der Waals surface area contributed by atoms with Crippen LogP contribution in [0.4, 0.5) is 10.5 Å². The molecule has 0 spiro atoms. The Morgan fingerprint density at radius 1 is 1.10 bits per heavy atom. The quantitative estimate of drug-likeness (QED) is 0.887. The second-order valence-electron chi connectivity index (χ2n) is 5.87. The summed E-state index contributed by atoms with van der Waals surface area (Å²) in [7, 11) is 0. The second kappa shape index (κ2) is 4.58. The minimum Gasteiger partial charge on any atom is -0.454 e. The number of rotatable bonds is 4. The van der Waals surface area contributed by atoms with Crippen molar-refractivity contribution in [1.82, 2.24) is 5.32 Å². The second-order valence-corrected chi connectivity index (χ2v) is 5.87. The molecule has 1 aliphatic heterocycles. The van der Waals surface area contributed by atoms with Crippen LogP contribution in [-0.2, 0) is 0 Å². The standard InChI is InChI=1S/C15H18N2O3/c18-15(17-14(9-1-2-9)10-3-4-10)16-11-5-6-12-13(7-11)20-8-19-12/h5-7,9-10,14H,1-4,8H2,(H2,16,17,18). The largest absolute Gasteiger partial charge is 0.454 e. The first kappa shape index (κ1) is 11.9. The van der Waals surface area contributed by atoms with Crippen molar-refractivity contribution in [2.45, 2.75) is 31.7 Å². The molecule has 2 fully saturated rings. The molecule has 5 nitrogen and oxygen atoms in total. The number of benzene rings is 1. The SMILES string of the molecule is O=C(Nc1ccc2c(c1)OCO2)NC(C1CC1)C1CC1. The number of hydrogen-bond acceptors (Lipinski definition) is 3. The fourth-order valence-corrected chi connectivity index (χ4v) is 2.82. The minimum atomic E-state index is -0.118. The predicted octanol–water partition coefficient (Wildman–Crippen LogP) is 2.73. The average Bonchev–Trinajstić information content (AvgIpc) is 3.34. The van der Waals surface area contributed by atoms with Gasteiger partial charge in [-0.1, -0.05) is 0 Å². The van der Waals surface area contributed by atoms with E-state index in [0.29, 0.717) is 23.6 Å². The van der Waals surface area contributed by atoms with Gasteiger partial charge in [0.1, 0.15) is 0 Å². The van der Waals surface area contributed by atoms with Crippen LogP contribution in [0, 0.1) is 11.8 Å². The Balaban J connectivity index is 1.39. The fraction of sp³-hybridized carbons (Fsp3) is 0.533. The van der Waals surface area contributed by atoms with Gasteiger partial charge in [-0.2, -0.15) is 0 Å². The van der Waals surface area contributed by atoms with Crippen molar-refractivity contribution in [3.8, 4) is 11.5 Å². The van der Waals surface area contributed by atoms with Crippen LogP contribution in [0.2, 0.25) is 0 Å². The van der Waals surface area contributed by atoms with Crippen molar-refractivity contribution in [2.75, 3.05) is 12.1 Å². The zero-order chi connectivity index (χ0) is 13.5. The summed E-state index contributed by atoms with van der Waals surface area (Å²) < 4.78 is 10.6. The molecule has 0 saturated heterocycles. The monoisotopic (exact) mass is 274 g/mol. The third kappa shape index (κ3) is 2.40. The number of fused-ring (bicyclic) bond motifs is 1. The lowest BCUT2D eigenvalue weighted by atomic mass is 10.1. The summed E-state index contributed by atoms with van der Waals surface area (Å²) in [4.78, 5) is 12.1. The Kier molecular flexibility index (Phi) is 2.72. The topological polar surface area (TPSA) is 59.6 Å². The number of anilines is 1. The summed E-state index contributed by atoms with van der Waals surface area (Å²) >= 11 is 0. The summed E-state index contributed by atoms with van der Waals surface area (Å²) in [6, 6.07) is 5.69. The van der Waals surface area contributed by atoms with E-state index in [1.54, 1.807) is 6.07 Å². The van der Waals surface area contributed by atoms with Crippen LogP contribution in [-0.4, -0.2) is 18.9 Å². The van der Waals surface area contributed by atoms with Gasteiger partial charge in [0, 0.05) is 17.8 Å². The molecule has 0 radical (unpaired) electrons. The molecular formula is C15H18N2O3. The molecule has 4 rings (SSSR count). The molecule has 20 heavy (non-hydrogen) atoms. The van der Waals surface area contributed by atoms with Gasteiger partial charge in [-0.15, -0.1) is 0 Å². The van der Waals surface area contributed by atoms with Gasteiger partial charge >= 0.3 is 6.03 Å². The number of nitrogens with one attached hydrogen (secondary N) is 2. The van der Waals surface area contributed by atoms with E-state index in [2.05, 4.69) is 10.6 Å². The third-order valence-corrected chi connectivity index (χ3v) is 4.19. The minimum absolute atomic E-state index is 0.118. The van der Waals surface area contributed by atoms with E-state index in [0.717, 1.165) is 11.4 Å². The number of carbonyl (C=O) groups is 1. The summed E-state index contributed by atoms with van der Waals surface area (Å²) in [5.41, 5.74) is 0.733. The first-order valence-electron chi connectivity index (χ1n) is 7.27. The smallest absolute Gasteiger partial charge is 0.319 e. The maximum absolute atomic E-state index is 12.1. The first-order valence-corrected chi connectivity index (χ1v) is 7.27. The molecule has 1 aromatic rings. The highest BCUT2D eigenvalue weighted by atomic mass is 16.7. The molecule has 3 aliphatic rings. The highest BCUT2D eigenvalue weighted by molar-refractivity contribution is 5.90. The van der Waals surface area contributed by atoms with E-state index in [9.17, 15) is 4.79 Å². The van der Waals surface area contributed by atoms with E-state index in [4.69, 9.17) is 9.47 Å². The van der Waals surface area contributed by atoms with Gasteiger partial charge in [-0.05, 0) is 49.7 Å². The van der Waals surface area contributed by atoms with Crippen LogP contribution in [0.5, 0.6) is 11.5 Å². The lowest BCUT2D eigenvalue weighted by Gasteiger charge is -2.18. The first-order chi connectivity index (χ1) is 9.79. The molecule has 0 unspecified atom stereocenters. The number of urea groups is 1. The molecular weight excluding hydrogens is 256 g/mol. The van der Waals surface area contributed by atoms with Gasteiger partial charge in [0.15, 0.2) is 11.5 Å². The van der Waals surface area contributed by atoms with E-state index < -0.39 is 0 Å². The van der Waals surface area contributed by atoms with Gasteiger partial charge in [0.2, 0.25) is 6.79 Å². The zero-order valence-corrected chi connectivity index (χ0v) is 11.2. The molecule has 2 amide bonds. The van der Waals surface area contributed by atoms with E-state index in [-0.39, 0.29) is 12.8 Å². The number of ether oxygens (including phenoxy) is 2. The van der Waals surface area contributed by atoms with Crippen LogP contribution >= 0.6 is 0 Å². The van der Waals surface area contributed by atoms with E-state index in [1.165, 1.54) is 25.7 Å². The maximum Gasteiger partial charge on any atom is 0.319 e. The summed E-state index contributed by atoms with van der Waals surface area (Å²) in [5.74, 6) is 2.81. The maximum atomic E-state index is 12.1. The zero-order valence-electron chi connectivity index (χ0n) is 11.2. The van der Waals surface area contributed by atoms with Crippen molar-refractivity contribution in [1.29, 1.82) is 0 Å². The van der Waals surface area contributed by atoms with Gasteiger partial charge in [0.05, 0.1) is 0 Å². The average molecular weight is 274 g/mol. The van der Waals surface area contributed by atoms with E-state index >= 15 is 0 Å². The predicted molar refractivity (Wildman–Crippen MR) is 74.0 cm³/mol. The van der Waals surface area contributed by atoms with Gasteiger partial charge in [-0.3, -0.25) is 0 Å². The Bertz CT molecular complexity index is 526. The lowest BCUT2D eigenvalue weighted by Crippen LogP contribution is -2.40. The van der Waals surface area contributed by atoms with Crippen LogP contribution < -0.4 is 20.1 Å². The summed E-state index contributed by atoms with van der Waals surface area (Å²) in [6.07, 6.45) is 5.02. The summed E-state index contributed by atoms with van der Waals surface area (Å²) in [5, 5.41) is 6.02. The van der Waals surface area contributed by atoms with E-state index in [1.807, 2.05) is 12.1 Å². The Morgan fingerprint density at radius 2 is 1.80 bits per heavy atom. The van der Waals surface area contributed by atoms with Gasteiger partial charge < -0.3 is 20.1 Å².